The molecule has 6 aromatic carbocycles. The zero-order valence-electron chi connectivity index (χ0n) is 35.4. The van der Waals surface area contributed by atoms with Gasteiger partial charge in [-0.25, -0.2) is 4.79 Å². The highest BCUT2D eigenvalue weighted by Crippen LogP contribution is 2.57. The molecule has 0 bridgehead atoms. The van der Waals surface area contributed by atoms with Crippen LogP contribution in [0.3, 0.4) is 0 Å². The first kappa shape index (κ1) is 39.2. The lowest BCUT2D eigenvalue weighted by Crippen LogP contribution is -2.35. The Hall–Kier alpha value is -6.00. The van der Waals surface area contributed by atoms with Gasteiger partial charge in [-0.3, -0.25) is 4.79 Å². The van der Waals surface area contributed by atoms with Crippen molar-refractivity contribution in [2.45, 2.75) is 101 Å². The molecule has 1 aliphatic heterocycles. The molecule has 61 heavy (non-hydrogen) atoms. The van der Waals surface area contributed by atoms with Crippen LogP contribution in [0.4, 0.5) is 0 Å². The van der Waals surface area contributed by atoms with E-state index < -0.39 is 5.60 Å². The number of aryl methyl sites for hydroxylation is 1. The maximum Gasteiger partial charge on any atom is 0.343 e. The van der Waals surface area contributed by atoms with Crippen LogP contribution in [-0.4, -0.2) is 11.8 Å². The second kappa shape index (κ2) is 16.1. The van der Waals surface area contributed by atoms with Gasteiger partial charge in [-0.15, -0.1) is 0 Å². The van der Waals surface area contributed by atoms with Crippen molar-refractivity contribution < 1.29 is 19.1 Å². The Morgan fingerprint density at radius 3 is 2.18 bits per heavy atom. The van der Waals surface area contributed by atoms with E-state index in [4.69, 9.17) is 9.47 Å². The molecule has 0 amide bonds. The van der Waals surface area contributed by atoms with Crippen molar-refractivity contribution in [3.05, 3.63) is 184 Å². The number of fused-ring (bicyclic) bond motifs is 7. The molecule has 1 atom stereocenters. The molecule has 4 nitrogen and oxygen atoms in total. The monoisotopic (exact) mass is 802 g/mol. The van der Waals surface area contributed by atoms with Gasteiger partial charge in [0.05, 0.1) is 5.56 Å². The summed E-state index contributed by atoms with van der Waals surface area (Å²) >= 11 is 0. The van der Waals surface area contributed by atoms with Crippen LogP contribution < -0.4 is 9.47 Å². The Kier molecular flexibility index (Phi) is 10.3. The van der Waals surface area contributed by atoms with Gasteiger partial charge >= 0.3 is 5.97 Å². The minimum atomic E-state index is -0.856. The van der Waals surface area contributed by atoms with E-state index in [2.05, 4.69) is 117 Å². The molecule has 1 saturated carbocycles. The quantitative estimate of drug-likeness (QED) is 0.0599. The third kappa shape index (κ3) is 7.14. The van der Waals surface area contributed by atoms with Gasteiger partial charge in [0, 0.05) is 39.5 Å². The number of ether oxygens (including phenoxy) is 2. The van der Waals surface area contributed by atoms with Crippen molar-refractivity contribution in [1.82, 2.24) is 0 Å². The smallest absolute Gasteiger partial charge is 0.343 e. The fourth-order valence-corrected chi connectivity index (χ4v) is 10.9. The molecule has 1 heterocycles. The second-order valence-corrected chi connectivity index (χ2v) is 18.2. The average Bonchev–Trinajstić information content (AvgIpc) is 3.90. The van der Waals surface area contributed by atoms with E-state index in [1.54, 1.807) is 0 Å². The minimum Gasteiger partial charge on any atom is -0.472 e. The molecule has 0 aromatic heterocycles. The highest BCUT2D eigenvalue weighted by molar-refractivity contribution is 6.16. The zero-order chi connectivity index (χ0) is 41.6. The molecule has 0 saturated heterocycles. The predicted molar refractivity (Wildman–Crippen MR) is 247 cm³/mol. The number of Topliss-reactive ketones (excluding diaryl/α,β-unsaturated/α-hetero) is 1. The van der Waals surface area contributed by atoms with E-state index in [0.29, 0.717) is 23.7 Å². The van der Waals surface area contributed by atoms with Gasteiger partial charge in [-0.1, -0.05) is 141 Å². The van der Waals surface area contributed by atoms with Crippen molar-refractivity contribution in [3.8, 4) is 22.6 Å². The number of benzene rings is 6. The normalized spacial score (nSPS) is 21.0. The number of carbonyl (C=O) groups is 2. The molecular weight excluding hydrogens is 749 g/mol. The van der Waals surface area contributed by atoms with Crippen molar-refractivity contribution in [3.63, 3.8) is 0 Å². The molecule has 1 spiro atoms. The molecular formula is C57H54O4. The number of esters is 1. The molecule has 0 radical (unpaired) electrons. The van der Waals surface area contributed by atoms with E-state index in [1.807, 2.05) is 42.5 Å². The summed E-state index contributed by atoms with van der Waals surface area (Å²) in [5.74, 6) is 2.65. The molecule has 6 aromatic rings. The van der Waals surface area contributed by atoms with Gasteiger partial charge in [0.15, 0.2) is 11.4 Å². The summed E-state index contributed by atoms with van der Waals surface area (Å²) in [6.07, 6.45) is 21.5. The molecule has 306 valence electrons. The summed E-state index contributed by atoms with van der Waals surface area (Å²) in [4.78, 5) is 27.6. The molecule has 0 N–H and O–H groups in total. The van der Waals surface area contributed by atoms with E-state index in [9.17, 15) is 9.59 Å². The predicted octanol–water partition coefficient (Wildman–Crippen LogP) is 14.4. The zero-order valence-corrected chi connectivity index (χ0v) is 35.4. The standard InChI is InChI=1S/C57H54O4/c1-3-4-6-11-39-16-18-40(19-17-39)41-24-29-47(30-25-41)60-55(59)43-22-20-42(21-23-43)44-26-31-48-50(36-44)52-51(58)37-56(33-9-10-34-56)53(52)49-32-35-57(61-54(48)49,45-12-7-5-8-13-45)46-27-14-38(2)15-28-46/h5,7-10,12-15,20-32,35-36,39-40H,3-4,6,11,16-19,33-34,37H2,1-2H3. The second-order valence-electron chi connectivity index (χ2n) is 18.2. The van der Waals surface area contributed by atoms with Gasteiger partial charge in [-0.05, 0) is 127 Å². The van der Waals surface area contributed by atoms with Crippen LogP contribution in [-0.2, 0) is 11.0 Å². The molecule has 10 rings (SSSR count). The Labute approximate surface area is 360 Å². The SMILES string of the molecule is CCCCCC1CCC(c2ccc(OC(=O)c3ccc(-c4ccc5c6c(c7c(c5c4)C(=O)CC74CC=CC4)C=CC(c4ccccc4)(c4ccc(C)cc4)O6)cc3)cc2)CC1. The number of rotatable bonds is 10. The molecule has 4 heteroatoms. The number of hydrogen-bond donors (Lipinski definition) is 0. The Bertz CT molecular complexity index is 2650. The molecule has 1 unspecified atom stereocenters. The van der Waals surface area contributed by atoms with Crippen LogP contribution in [0, 0.1) is 12.8 Å². The lowest BCUT2D eigenvalue weighted by atomic mass is 9.75. The summed E-state index contributed by atoms with van der Waals surface area (Å²) in [5.41, 5.74) is 8.85. The van der Waals surface area contributed by atoms with Crippen molar-refractivity contribution in [2.75, 3.05) is 0 Å². The minimum absolute atomic E-state index is 0.187. The van der Waals surface area contributed by atoms with Gasteiger partial charge < -0.3 is 9.47 Å². The average molecular weight is 803 g/mol. The van der Waals surface area contributed by atoms with Gasteiger partial charge in [-0.2, -0.15) is 0 Å². The highest BCUT2D eigenvalue weighted by Gasteiger charge is 2.49. The fraction of sp³-hybridized carbons (Fsp3) is 0.298. The largest absolute Gasteiger partial charge is 0.472 e. The number of hydrogen-bond acceptors (Lipinski definition) is 4. The van der Waals surface area contributed by atoms with E-state index in [0.717, 1.165) is 74.2 Å². The van der Waals surface area contributed by atoms with E-state index in [1.165, 1.54) is 62.5 Å². The van der Waals surface area contributed by atoms with Crippen LogP contribution in [0.5, 0.6) is 11.5 Å². The Balaban J connectivity index is 0.940. The van der Waals surface area contributed by atoms with Crippen LogP contribution in [0.2, 0.25) is 0 Å². The molecule has 1 fully saturated rings. The summed E-state index contributed by atoms with van der Waals surface area (Å²) < 4.78 is 13.3. The fourth-order valence-electron chi connectivity index (χ4n) is 10.9. The maximum atomic E-state index is 14.3. The van der Waals surface area contributed by atoms with Gasteiger partial charge in [0.25, 0.3) is 0 Å². The maximum absolute atomic E-state index is 14.3. The van der Waals surface area contributed by atoms with Gasteiger partial charge in [0.2, 0.25) is 0 Å². The third-order valence-corrected chi connectivity index (χ3v) is 14.3. The lowest BCUT2D eigenvalue weighted by molar-refractivity contribution is 0.0734. The van der Waals surface area contributed by atoms with E-state index in [-0.39, 0.29) is 17.2 Å². The summed E-state index contributed by atoms with van der Waals surface area (Å²) in [7, 11) is 0. The third-order valence-electron chi connectivity index (χ3n) is 14.3. The topological polar surface area (TPSA) is 52.6 Å². The molecule has 3 aliphatic carbocycles. The lowest BCUT2D eigenvalue weighted by Gasteiger charge is -2.38. The summed E-state index contributed by atoms with van der Waals surface area (Å²) in [5, 5.41) is 1.83. The summed E-state index contributed by atoms with van der Waals surface area (Å²) in [6.45, 7) is 4.38. The Morgan fingerprint density at radius 1 is 0.754 bits per heavy atom. The van der Waals surface area contributed by atoms with E-state index >= 15 is 0 Å². The van der Waals surface area contributed by atoms with Crippen molar-refractivity contribution >= 4 is 28.6 Å². The summed E-state index contributed by atoms with van der Waals surface area (Å²) in [6, 6.07) is 41.2. The number of ketones is 1. The molecule has 4 aliphatic rings. The number of unbranched alkanes of at least 4 members (excludes halogenated alkanes) is 2. The van der Waals surface area contributed by atoms with Crippen LogP contribution >= 0.6 is 0 Å². The number of allylic oxidation sites excluding steroid dienone is 2. The first-order chi connectivity index (χ1) is 29.8. The van der Waals surface area contributed by atoms with Crippen LogP contribution in [0.1, 0.15) is 138 Å². The Morgan fingerprint density at radius 2 is 1.46 bits per heavy atom. The van der Waals surface area contributed by atoms with Crippen molar-refractivity contribution in [1.29, 1.82) is 0 Å². The first-order valence-electron chi connectivity index (χ1n) is 22.6. The highest BCUT2D eigenvalue weighted by atomic mass is 16.5. The van der Waals surface area contributed by atoms with Crippen LogP contribution in [0.15, 0.2) is 140 Å². The van der Waals surface area contributed by atoms with Crippen molar-refractivity contribution in [2.24, 2.45) is 5.92 Å². The first-order valence-corrected chi connectivity index (χ1v) is 22.6. The van der Waals surface area contributed by atoms with Gasteiger partial charge in [0.1, 0.15) is 11.5 Å². The van der Waals surface area contributed by atoms with Crippen LogP contribution in [0.25, 0.3) is 28.0 Å². The number of carbonyl (C=O) groups excluding carboxylic acids is 2.